The van der Waals surface area contributed by atoms with Crippen molar-refractivity contribution in [2.24, 2.45) is 0 Å². The molecule has 0 bridgehead atoms. The molecule has 28 heavy (non-hydrogen) atoms. The molecule has 0 aliphatic heterocycles. The molecular weight excluding hydrogens is 366 g/mol. The molecule has 0 aliphatic rings. The summed E-state index contributed by atoms with van der Waals surface area (Å²) in [4.78, 5) is 23.8. The molecule has 4 nitrogen and oxygen atoms in total. The number of carbonyl (C=O) groups is 1. The van der Waals surface area contributed by atoms with Crippen molar-refractivity contribution in [1.29, 1.82) is 0 Å². The molecule has 144 valence electrons. The normalized spacial score (nSPS) is 10.9. The predicted molar refractivity (Wildman–Crippen MR) is 114 cm³/mol. The number of aryl methyl sites for hydroxylation is 2. The van der Waals surface area contributed by atoms with Gasteiger partial charge < -0.3 is 4.90 Å². The third kappa shape index (κ3) is 4.60. The van der Waals surface area contributed by atoms with Crippen molar-refractivity contribution in [3.8, 4) is 0 Å². The van der Waals surface area contributed by atoms with Crippen LogP contribution in [0.4, 0.5) is 0 Å². The molecule has 0 unspecified atom stereocenters. The van der Waals surface area contributed by atoms with Crippen LogP contribution in [0.5, 0.6) is 0 Å². The van der Waals surface area contributed by atoms with Crippen molar-refractivity contribution in [1.82, 2.24) is 14.9 Å². The molecule has 1 amide bonds. The van der Waals surface area contributed by atoms with Crippen molar-refractivity contribution < 1.29 is 4.79 Å². The topological polar surface area (TPSA) is 46.1 Å². The van der Waals surface area contributed by atoms with Gasteiger partial charge in [0.25, 0.3) is 0 Å². The van der Waals surface area contributed by atoms with Crippen LogP contribution in [-0.4, -0.2) is 33.6 Å². The average Bonchev–Trinajstić information content (AvgIpc) is 2.71. The largest absolute Gasteiger partial charge is 0.334 e. The highest BCUT2D eigenvalue weighted by molar-refractivity contribution is 7.99. The molecule has 3 rings (SSSR count). The van der Waals surface area contributed by atoms with E-state index in [9.17, 15) is 4.79 Å². The van der Waals surface area contributed by atoms with Gasteiger partial charge in [-0.2, -0.15) is 0 Å². The number of hydrogen-bond acceptors (Lipinski definition) is 4. The second-order valence-electron chi connectivity index (χ2n) is 6.82. The van der Waals surface area contributed by atoms with Crippen molar-refractivity contribution in [3.05, 3.63) is 88.7 Å². The molecule has 5 heteroatoms. The van der Waals surface area contributed by atoms with Gasteiger partial charge in [0.2, 0.25) is 5.91 Å². The van der Waals surface area contributed by atoms with E-state index in [1.165, 1.54) is 11.8 Å². The zero-order valence-electron chi connectivity index (χ0n) is 16.7. The minimum Gasteiger partial charge on any atom is -0.334 e. The Morgan fingerprint density at radius 2 is 1.36 bits per heavy atom. The Hall–Kier alpha value is -2.66. The summed E-state index contributed by atoms with van der Waals surface area (Å²) >= 11 is 1.39. The summed E-state index contributed by atoms with van der Waals surface area (Å²) < 4.78 is 0. The van der Waals surface area contributed by atoms with Crippen LogP contribution in [0.15, 0.2) is 65.8 Å². The summed E-state index contributed by atoms with van der Waals surface area (Å²) in [6.45, 7) is 5.97. The van der Waals surface area contributed by atoms with Crippen molar-refractivity contribution in [3.63, 3.8) is 0 Å². The Bertz CT molecular complexity index is 882. The van der Waals surface area contributed by atoms with Crippen LogP contribution in [0, 0.1) is 20.8 Å². The highest BCUT2D eigenvalue weighted by Crippen LogP contribution is 2.28. The third-order valence-electron chi connectivity index (χ3n) is 4.95. The van der Waals surface area contributed by atoms with Gasteiger partial charge >= 0.3 is 0 Å². The summed E-state index contributed by atoms with van der Waals surface area (Å²) in [6, 6.07) is 20.1. The molecule has 2 aromatic carbocycles. The summed E-state index contributed by atoms with van der Waals surface area (Å²) in [5, 5.41) is 0.651. The summed E-state index contributed by atoms with van der Waals surface area (Å²) in [5.41, 5.74) is 5.20. The summed E-state index contributed by atoms with van der Waals surface area (Å²) in [6.07, 6.45) is 0. The molecule has 0 spiro atoms. The maximum atomic E-state index is 13.0. The Balaban J connectivity index is 1.79. The molecule has 1 aromatic heterocycles. The van der Waals surface area contributed by atoms with E-state index in [1.54, 1.807) is 0 Å². The monoisotopic (exact) mass is 391 g/mol. The van der Waals surface area contributed by atoms with E-state index in [2.05, 4.69) is 34.2 Å². The second-order valence-corrected chi connectivity index (χ2v) is 7.76. The van der Waals surface area contributed by atoms with E-state index < -0.39 is 0 Å². The summed E-state index contributed by atoms with van der Waals surface area (Å²) in [5.74, 6) is 0.344. The van der Waals surface area contributed by atoms with Crippen molar-refractivity contribution in [2.45, 2.75) is 32.0 Å². The van der Waals surface area contributed by atoms with Crippen LogP contribution in [0.2, 0.25) is 0 Å². The molecule has 0 aliphatic carbocycles. The Morgan fingerprint density at radius 3 is 1.82 bits per heavy atom. The van der Waals surface area contributed by atoms with E-state index in [-0.39, 0.29) is 11.9 Å². The fourth-order valence-corrected chi connectivity index (χ4v) is 3.95. The van der Waals surface area contributed by atoms with Crippen LogP contribution >= 0.6 is 11.8 Å². The van der Waals surface area contributed by atoms with Crippen LogP contribution in [0.25, 0.3) is 0 Å². The number of carbonyl (C=O) groups excluding carboxylic acids is 1. The first kappa shape index (κ1) is 20.1. The molecule has 0 atom stereocenters. The van der Waals surface area contributed by atoms with Gasteiger partial charge in [0.1, 0.15) is 0 Å². The standard InChI is InChI=1S/C23H25N3OS/c1-16-17(2)24-23(25-18(16)3)28-15-21(27)26(4)22(19-11-7-5-8-12-19)20-13-9-6-10-14-20/h5-14,22H,15H2,1-4H3. The van der Waals surface area contributed by atoms with E-state index in [0.717, 1.165) is 28.1 Å². The van der Waals surface area contributed by atoms with Gasteiger partial charge in [0.05, 0.1) is 11.8 Å². The first-order chi connectivity index (χ1) is 13.5. The van der Waals surface area contributed by atoms with E-state index in [4.69, 9.17) is 0 Å². The molecule has 0 saturated heterocycles. The summed E-state index contributed by atoms with van der Waals surface area (Å²) in [7, 11) is 1.86. The number of amides is 1. The van der Waals surface area contributed by atoms with E-state index in [1.807, 2.05) is 69.1 Å². The molecule has 3 aromatic rings. The maximum absolute atomic E-state index is 13.0. The fourth-order valence-electron chi connectivity index (χ4n) is 3.09. The van der Waals surface area contributed by atoms with Gasteiger partial charge in [-0.1, -0.05) is 72.4 Å². The lowest BCUT2D eigenvalue weighted by Gasteiger charge is -2.29. The average molecular weight is 392 g/mol. The van der Waals surface area contributed by atoms with Gasteiger partial charge in [0, 0.05) is 18.4 Å². The number of aromatic nitrogens is 2. The predicted octanol–water partition coefficient (Wildman–Crippen LogP) is 4.74. The van der Waals surface area contributed by atoms with Gasteiger partial charge in [-0.05, 0) is 37.5 Å². The quantitative estimate of drug-likeness (QED) is 0.450. The molecule has 1 heterocycles. The Kier molecular flexibility index (Phi) is 6.47. The highest BCUT2D eigenvalue weighted by Gasteiger charge is 2.23. The molecule has 0 fully saturated rings. The number of nitrogens with zero attached hydrogens (tertiary/aromatic N) is 3. The smallest absolute Gasteiger partial charge is 0.233 e. The second kappa shape index (κ2) is 9.02. The van der Waals surface area contributed by atoms with Crippen LogP contribution in [-0.2, 0) is 4.79 Å². The van der Waals surface area contributed by atoms with Crippen LogP contribution in [0.1, 0.15) is 34.1 Å². The zero-order valence-corrected chi connectivity index (χ0v) is 17.5. The van der Waals surface area contributed by atoms with Crippen molar-refractivity contribution >= 4 is 17.7 Å². The maximum Gasteiger partial charge on any atom is 0.233 e. The highest BCUT2D eigenvalue weighted by atomic mass is 32.2. The van der Waals surface area contributed by atoms with Gasteiger partial charge in [-0.3, -0.25) is 4.79 Å². The van der Waals surface area contributed by atoms with Gasteiger partial charge in [0.15, 0.2) is 5.16 Å². The first-order valence-corrected chi connectivity index (χ1v) is 10.3. The number of rotatable bonds is 6. The molecular formula is C23H25N3OS. The first-order valence-electron chi connectivity index (χ1n) is 9.27. The van der Waals surface area contributed by atoms with Gasteiger partial charge in [-0.25, -0.2) is 9.97 Å². The van der Waals surface area contributed by atoms with E-state index in [0.29, 0.717) is 10.9 Å². The van der Waals surface area contributed by atoms with Gasteiger partial charge in [-0.15, -0.1) is 0 Å². The minimum absolute atomic E-state index is 0.0437. The lowest BCUT2D eigenvalue weighted by atomic mass is 9.97. The van der Waals surface area contributed by atoms with E-state index >= 15 is 0 Å². The molecule has 0 saturated carbocycles. The lowest BCUT2D eigenvalue weighted by molar-refractivity contribution is -0.128. The lowest BCUT2D eigenvalue weighted by Crippen LogP contribution is -2.33. The van der Waals surface area contributed by atoms with Crippen LogP contribution in [0.3, 0.4) is 0 Å². The minimum atomic E-state index is -0.127. The number of hydrogen-bond donors (Lipinski definition) is 0. The number of benzene rings is 2. The number of thioether (sulfide) groups is 1. The Morgan fingerprint density at radius 1 is 0.893 bits per heavy atom. The van der Waals surface area contributed by atoms with Crippen molar-refractivity contribution in [2.75, 3.05) is 12.8 Å². The zero-order chi connectivity index (χ0) is 20.1. The fraction of sp³-hybridized carbons (Fsp3) is 0.261. The molecule has 0 radical (unpaired) electrons. The Labute approximate surface area is 171 Å². The SMILES string of the molecule is Cc1nc(SCC(=O)N(C)C(c2ccccc2)c2ccccc2)nc(C)c1C. The molecule has 0 N–H and O–H groups in total. The van der Waals surface area contributed by atoms with Crippen LogP contribution < -0.4 is 0 Å². The third-order valence-corrected chi connectivity index (χ3v) is 5.78.